The van der Waals surface area contributed by atoms with Gasteiger partial charge in [0.2, 0.25) is 0 Å². The minimum Gasteiger partial charge on any atom is -0.356 e. The van der Waals surface area contributed by atoms with Crippen molar-refractivity contribution in [2.24, 2.45) is 0 Å². The third-order valence-electron chi connectivity index (χ3n) is 3.00. The first kappa shape index (κ1) is 10.3. The molecule has 1 aromatic carbocycles. The summed E-state index contributed by atoms with van der Waals surface area (Å²) < 4.78 is 8.84. The van der Waals surface area contributed by atoms with E-state index in [1.165, 1.54) is 6.42 Å². The summed E-state index contributed by atoms with van der Waals surface area (Å²) in [6.07, 6.45) is 5.44. The van der Waals surface area contributed by atoms with Crippen molar-refractivity contribution in [2.75, 3.05) is 6.61 Å². The first-order chi connectivity index (χ1) is 7.86. The van der Waals surface area contributed by atoms with Crippen LogP contribution < -0.4 is 0 Å². The molecule has 3 nitrogen and oxygen atoms in total. The molecule has 1 atom stereocenters. The van der Waals surface area contributed by atoms with Crippen LogP contribution in [0.25, 0.3) is 10.9 Å². The lowest BCUT2D eigenvalue weighted by atomic mass is 10.2. The summed E-state index contributed by atoms with van der Waals surface area (Å²) in [4.78, 5) is 0. The maximum atomic E-state index is 5.77. The summed E-state index contributed by atoms with van der Waals surface area (Å²) in [6.45, 7) is 0.844. The number of hydrogen-bond acceptors (Lipinski definition) is 2. The fourth-order valence-electron chi connectivity index (χ4n) is 2.19. The largest absolute Gasteiger partial charge is 0.356 e. The zero-order chi connectivity index (χ0) is 11.0. The van der Waals surface area contributed by atoms with Crippen LogP contribution in [0.15, 0.2) is 28.9 Å². The monoisotopic (exact) mass is 280 g/mol. The van der Waals surface area contributed by atoms with Crippen LogP contribution in [0.1, 0.15) is 25.5 Å². The lowest BCUT2D eigenvalue weighted by Crippen LogP contribution is -2.19. The van der Waals surface area contributed by atoms with E-state index in [0.717, 1.165) is 34.8 Å². The zero-order valence-electron chi connectivity index (χ0n) is 8.90. The molecule has 1 aliphatic heterocycles. The number of fused-ring (bicyclic) bond motifs is 1. The van der Waals surface area contributed by atoms with Gasteiger partial charge in [0, 0.05) is 16.5 Å². The van der Waals surface area contributed by atoms with Crippen LogP contribution in [0.5, 0.6) is 0 Å². The van der Waals surface area contributed by atoms with Crippen LogP contribution in [0.2, 0.25) is 0 Å². The van der Waals surface area contributed by atoms with E-state index < -0.39 is 0 Å². The van der Waals surface area contributed by atoms with Gasteiger partial charge in [0.15, 0.2) is 6.23 Å². The van der Waals surface area contributed by atoms with Crippen LogP contribution in [0, 0.1) is 0 Å². The minimum absolute atomic E-state index is 0.102. The first-order valence-electron chi connectivity index (χ1n) is 5.59. The topological polar surface area (TPSA) is 27.1 Å². The predicted octanol–water partition coefficient (Wildman–Crippen LogP) is 3.50. The second kappa shape index (κ2) is 4.18. The van der Waals surface area contributed by atoms with Gasteiger partial charge < -0.3 is 4.74 Å². The highest BCUT2D eigenvalue weighted by atomic mass is 79.9. The predicted molar refractivity (Wildman–Crippen MR) is 66.3 cm³/mol. The smallest absolute Gasteiger partial charge is 0.150 e. The van der Waals surface area contributed by atoms with Gasteiger partial charge in [-0.1, -0.05) is 12.1 Å². The van der Waals surface area contributed by atoms with Crippen molar-refractivity contribution in [3.63, 3.8) is 0 Å². The van der Waals surface area contributed by atoms with E-state index >= 15 is 0 Å². The second-order valence-electron chi connectivity index (χ2n) is 4.09. The minimum atomic E-state index is 0.102. The Labute approximate surface area is 103 Å². The Kier molecular flexibility index (Phi) is 2.69. The molecule has 16 heavy (non-hydrogen) atoms. The van der Waals surface area contributed by atoms with Gasteiger partial charge in [0.1, 0.15) is 0 Å². The molecule has 0 N–H and O–H groups in total. The number of halogens is 1. The van der Waals surface area contributed by atoms with E-state index in [1.54, 1.807) is 0 Å². The van der Waals surface area contributed by atoms with E-state index in [4.69, 9.17) is 4.74 Å². The van der Waals surface area contributed by atoms with Gasteiger partial charge in [-0.3, -0.25) is 0 Å². The molecule has 2 aromatic rings. The van der Waals surface area contributed by atoms with Crippen LogP contribution in [-0.2, 0) is 4.74 Å². The average Bonchev–Trinajstić information content (AvgIpc) is 2.75. The molecule has 0 radical (unpaired) electrons. The average molecular weight is 281 g/mol. The van der Waals surface area contributed by atoms with Crippen LogP contribution in [0.3, 0.4) is 0 Å². The summed E-state index contributed by atoms with van der Waals surface area (Å²) in [7, 11) is 0. The number of ether oxygens (including phenoxy) is 1. The molecule has 0 aliphatic carbocycles. The molecule has 3 rings (SSSR count). The van der Waals surface area contributed by atoms with E-state index in [2.05, 4.69) is 27.1 Å². The SMILES string of the molecule is Brc1cccc2cnn(C3CCCCO3)c12. The summed E-state index contributed by atoms with van der Waals surface area (Å²) in [6, 6.07) is 6.15. The highest BCUT2D eigenvalue weighted by Crippen LogP contribution is 2.30. The quantitative estimate of drug-likeness (QED) is 0.800. The molecule has 1 saturated heterocycles. The molecule has 0 spiro atoms. The van der Waals surface area contributed by atoms with E-state index in [1.807, 2.05) is 23.0 Å². The van der Waals surface area contributed by atoms with E-state index in [9.17, 15) is 0 Å². The number of hydrogen-bond donors (Lipinski definition) is 0. The van der Waals surface area contributed by atoms with Crippen molar-refractivity contribution >= 4 is 26.8 Å². The van der Waals surface area contributed by atoms with Gasteiger partial charge in [-0.2, -0.15) is 5.10 Å². The van der Waals surface area contributed by atoms with Crippen LogP contribution in [0.4, 0.5) is 0 Å². The van der Waals surface area contributed by atoms with Crippen LogP contribution in [-0.4, -0.2) is 16.4 Å². The van der Waals surface area contributed by atoms with Gasteiger partial charge in [0.25, 0.3) is 0 Å². The Hall–Kier alpha value is -0.870. The van der Waals surface area contributed by atoms with Crippen molar-refractivity contribution < 1.29 is 4.74 Å². The molecule has 0 saturated carbocycles. The maximum Gasteiger partial charge on any atom is 0.150 e. The molecule has 1 fully saturated rings. The standard InChI is InChI=1S/C12H13BrN2O/c13-10-5-3-4-9-8-14-15(12(9)10)11-6-1-2-7-16-11/h3-5,8,11H,1-2,6-7H2. The van der Waals surface area contributed by atoms with Gasteiger partial charge >= 0.3 is 0 Å². The summed E-state index contributed by atoms with van der Waals surface area (Å²) >= 11 is 3.58. The van der Waals surface area contributed by atoms with Crippen molar-refractivity contribution in [1.29, 1.82) is 0 Å². The Morgan fingerprint density at radius 2 is 2.31 bits per heavy atom. The molecule has 1 aromatic heterocycles. The van der Waals surface area contributed by atoms with Crippen molar-refractivity contribution in [2.45, 2.75) is 25.5 Å². The Morgan fingerprint density at radius 3 is 3.12 bits per heavy atom. The van der Waals surface area contributed by atoms with Crippen molar-refractivity contribution in [3.05, 3.63) is 28.9 Å². The first-order valence-corrected chi connectivity index (χ1v) is 6.39. The van der Waals surface area contributed by atoms with Crippen molar-refractivity contribution in [1.82, 2.24) is 9.78 Å². The number of benzene rings is 1. The Bertz CT molecular complexity index is 503. The molecular weight excluding hydrogens is 268 g/mol. The Morgan fingerprint density at radius 1 is 1.38 bits per heavy atom. The highest BCUT2D eigenvalue weighted by molar-refractivity contribution is 9.10. The fourth-order valence-corrected chi connectivity index (χ4v) is 2.76. The molecule has 4 heteroatoms. The second-order valence-corrected chi connectivity index (χ2v) is 4.94. The van der Waals surface area contributed by atoms with Gasteiger partial charge in [-0.05, 0) is 41.3 Å². The summed E-state index contributed by atoms with van der Waals surface area (Å²) in [5, 5.41) is 5.60. The summed E-state index contributed by atoms with van der Waals surface area (Å²) in [5.74, 6) is 0. The number of rotatable bonds is 1. The molecule has 1 aliphatic rings. The number of aromatic nitrogens is 2. The molecule has 2 heterocycles. The molecular formula is C12H13BrN2O. The third-order valence-corrected chi connectivity index (χ3v) is 3.64. The van der Waals surface area contributed by atoms with Gasteiger partial charge in [-0.25, -0.2) is 4.68 Å². The molecule has 84 valence electrons. The molecule has 1 unspecified atom stereocenters. The lowest BCUT2D eigenvalue weighted by molar-refractivity contribution is -0.0367. The third kappa shape index (κ3) is 1.66. The normalized spacial score (nSPS) is 21.4. The maximum absolute atomic E-state index is 5.77. The highest BCUT2D eigenvalue weighted by Gasteiger charge is 2.19. The van der Waals surface area contributed by atoms with Crippen molar-refractivity contribution in [3.8, 4) is 0 Å². The molecule has 0 bridgehead atoms. The van der Waals surface area contributed by atoms with Gasteiger partial charge in [-0.15, -0.1) is 0 Å². The zero-order valence-corrected chi connectivity index (χ0v) is 10.5. The van der Waals surface area contributed by atoms with E-state index in [0.29, 0.717) is 0 Å². The Balaban J connectivity index is 2.09. The molecule has 0 amide bonds. The number of para-hydroxylation sites is 1. The van der Waals surface area contributed by atoms with Crippen LogP contribution >= 0.6 is 15.9 Å². The van der Waals surface area contributed by atoms with Gasteiger partial charge in [0.05, 0.1) is 11.7 Å². The number of nitrogens with zero attached hydrogens (tertiary/aromatic N) is 2. The summed E-state index contributed by atoms with van der Waals surface area (Å²) in [5.41, 5.74) is 1.13. The van der Waals surface area contributed by atoms with E-state index in [-0.39, 0.29) is 6.23 Å². The fraction of sp³-hybridized carbons (Fsp3) is 0.417. The lowest BCUT2D eigenvalue weighted by Gasteiger charge is -2.23.